The van der Waals surface area contributed by atoms with Crippen LogP contribution in [0.25, 0.3) is 11.0 Å². The lowest BCUT2D eigenvalue weighted by Crippen LogP contribution is -2.40. The van der Waals surface area contributed by atoms with Gasteiger partial charge in [0.15, 0.2) is 5.76 Å². The number of fused-ring (bicyclic) bond motifs is 1. The quantitative estimate of drug-likeness (QED) is 0.600. The zero-order chi connectivity index (χ0) is 21.3. The average molecular weight is 405 g/mol. The number of amides is 1. The summed E-state index contributed by atoms with van der Waals surface area (Å²) in [4.78, 5) is 15.6. The van der Waals surface area contributed by atoms with Gasteiger partial charge in [0.25, 0.3) is 5.91 Å². The van der Waals surface area contributed by atoms with Crippen LogP contribution in [-0.2, 0) is 0 Å². The highest BCUT2D eigenvalue weighted by Gasteiger charge is 2.25. The van der Waals surface area contributed by atoms with E-state index in [9.17, 15) is 4.79 Å². The van der Waals surface area contributed by atoms with Gasteiger partial charge < -0.3 is 9.73 Å². The van der Waals surface area contributed by atoms with Crippen molar-refractivity contribution in [2.75, 3.05) is 19.6 Å². The number of nitrogens with zero attached hydrogens (tertiary/aromatic N) is 1. The Labute approximate surface area is 179 Å². The van der Waals surface area contributed by atoms with E-state index in [1.54, 1.807) is 0 Å². The minimum atomic E-state index is -0.131. The molecule has 0 bridgehead atoms. The molecule has 0 unspecified atom stereocenters. The summed E-state index contributed by atoms with van der Waals surface area (Å²) in [7, 11) is 0. The smallest absolute Gasteiger partial charge is 0.287 e. The maximum atomic E-state index is 13.1. The van der Waals surface area contributed by atoms with E-state index in [4.69, 9.17) is 4.42 Å². The van der Waals surface area contributed by atoms with Crippen molar-refractivity contribution in [2.24, 2.45) is 0 Å². The zero-order valence-corrected chi connectivity index (χ0v) is 18.5. The number of hydrogen-bond acceptors (Lipinski definition) is 3. The fourth-order valence-electron chi connectivity index (χ4n) is 4.44. The molecule has 2 aromatic carbocycles. The Morgan fingerprint density at radius 1 is 1.00 bits per heavy atom. The molecule has 2 heterocycles. The number of piperidine rings is 1. The molecule has 0 aliphatic carbocycles. The zero-order valence-electron chi connectivity index (χ0n) is 18.5. The van der Waals surface area contributed by atoms with Crippen molar-refractivity contribution < 1.29 is 9.21 Å². The van der Waals surface area contributed by atoms with E-state index in [0.717, 1.165) is 29.6 Å². The SMILES string of the molecule is Cc1ccc([C@@H](CNC(=O)c2oc3cc(C)c(C)cc3c2C)N2CCCCC2)cc1. The van der Waals surface area contributed by atoms with Crippen molar-refractivity contribution in [1.29, 1.82) is 0 Å². The average Bonchev–Trinajstić information content (AvgIpc) is 3.06. The van der Waals surface area contributed by atoms with Gasteiger partial charge in [-0.2, -0.15) is 0 Å². The van der Waals surface area contributed by atoms with Crippen LogP contribution >= 0.6 is 0 Å². The number of carbonyl (C=O) groups is 1. The Morgan fingerprint density at radius 3 is 2.37 bits per heavy atom. The summed E-state index contributed by atoms with van der Waals surface area (Å²) in [6.45, 7) is 11.0. The summed E-state index contributed by atoms with van der Waals surface area (Å²) in [5.41, 5.74) is 6.59. The first-order valence-corrected chi connectivity index (χ1v) is 11.0. The molecule has 4 nitrogen and oxygen atoms in total. The molecule has 3 aromatic rings. The van der Waals surface area contributed by atoms with Crippen molar-refractivity contribution in [3.05, 3.63) is 70.0 Å². The topological polar surface area (TPSA) is 45.5 Å². The first-order chi connectivity index (χ1) is 14.4. The van der Waals surface area contributed by atoms with Crippen molar-refractivity contribution in [3.63, 3.8) is 0 Å². The Morgan fingerprint density at radius 2 is 1.67 bits per heavy atom. The lowest BCUT2D eigenvalue weighted by Gasteiger charge is -2.35. The highest BCUT2D eigenvalue weighted by Crippen LogP contribution is 2.29. The Hall–Kier alpha value is -2.59. The van der Waals surface area contributed by atoms with Crippen LogP contribution in [0.15, 0.2) is 40.8 Å². The molecular weight excluding hydrogens is 372 g/mol. The third-order valence-corrected chi connectivity index (χ3v) is 6.51. The molecule has 0 saturated carbocycles. The predicted molar refractivity (Wildman–Crippen MR) is 122 cm³/mol. The molecule has 4 rings (SSSR count). The lowest BCUT2D eigenvalue weighted by atomic mass is 10.0. The van der Waals surface area contributed by atoms with Gasteiger partial charge in [-0.1, -0.05) is 36.2 Å². The minimum absolute atomic E-state index is 0.131. The number of hydrogen-bond donors (Lipinski definition) is 1. The van der Waals surface area contributed by atoms with Crippen molar-refractivity contribution in [3.8, 4) is 0 Å². The van der Waals surface area contributed by atoms with Crippen molar-refractivity contribution in [2.45, 2.75) is 53.0 Å². The maximum absolute atomic E-state index is 13.1. The van der Waals surface area contributed by atoms with Crippen LogP contribution in [0.1, 0.15) is 63.7 Å². The molecule has 1 fully saturated rings. The normalized spacial score (nSPS) is 16.0. The van der Waals surface area contributed by atoms with Gasteiger partial charge >= 0.3 is 0 Å². The first kappa shape index (κ1) is 20.7. The molecule has 1 aliphatic heterocycles. The van der Waals surface area contributed by atoms with E-state index >= 15 is 0 Å². The predicted octanol–water partition coefficient (Wildman–Crippen LogP) is 5.62. The fourth-order valence-corrected chi connectivity index (χ4v) is 4.44. The molecule has 1 aromatic heterocycles. The minimum Gasteiger partial charge on any atom is -0.451 e. The number of rotatable bonds is 5. The molecule has 1 saturated heterocycles. The Kier molecular flexibility index (Phi) is 5.96. The second-order valence-electron chi connectivity index (χ2n) is 8.72. The summed E-state index contributed by atoms with van der Waals surface area (Å²) in [6, 6.07) is 13.0. The van der Waals surface area contributed by atoms with Crippen LogP contribution in [-0.4, -0.2) is 30.4 Å². The first-order valence-electron chi connectivity index (χ1n) is 11.0. The molecule has 1 atom stereocenters. The molecule has 1 amide bonds. The summed E-state index contributed by atoms with van der Waals surface area (Å²) < 4.78 is 5.97. The number of nitrogens with one attached hydrogen (secondary N) is 1. The fraction of sp³-hybridized carbons (Fsp3) is 0.423. The highest BCUT2D eigenvalue weighted by molar-refractivity contribution is 5.99. The van der Waals surface area contributed by atoms with Crippen LogP contribution in [0.4, 0.5) is 0 Å². The van der Waals surface area contributed by atoms with Gasteiger partial charge in [0.1, 0.15) is 5.58 Å². The van der Waals surface area contributed by atoms with Crippen molar-refractivity contribution >= 4 is 16.9 Å². The monoisotopic (exact) mass is 404 g/mol. The summed E-state index contributed by atoms with van der Waals surface area (Å²) in [6.07, 6.45) is 3.73. The van der Waals surface area contributed by atoms with Crippen LogP contribution in [0, 0.1) is 27.7 Å². The van der Waals surface area contributed by atoms with E-state index in [0.29, 0.717) is 12.3 Å². The molecule has 158 valence electrons. The summed E-state index contributed by atoms with van der Waals surface area (Å²) in [5, 5.41) is 4.19. The number of aryl methyl sites for hydroxylation is 4. The van der Waals surface area contributed by atoms with Crippen LogP contribution in [0.2, 0.25) is 0 Å². The number of furan rings is 1. The molecule has 0 spiro atoms. The van der Waals surface area contributed by atoms with E-state index in [2.05, 4.69) is 61.3 Å². The molecule has 1 N–H and O–H groups in total. The third kappa shape index (κ3) is 4.15. The van der Waals surface area contributed by atoms with Crippen LogP contribution < -0.4 is 5.32 Å². The van der Waals surface area contributed by atoms with Gasteiger partial charge in [0, 0.05) is 17.5 Å². The van der Waals surface area contributed by atoms with Gasteiger partial charge in [-0.15, -0.1) is 0 Å². The largest absolute Gasteiger partial charge is 0.451 e. The highest BCUT2D eigenvalue weighted by atomic mass is 16.3. The van der Waals surface area contributed by atoms with Gasteiger partial charge in [0.05, 0.1) is 6.04 Å². The van der Waals surface area contributed by atoms with Gasteiger partial charge in [-0.25, -0.2) is 0 Å². The summed E-state index contributed by atoms with van der Waals surface area (Å²) in [5.74, 6) is 0.296. The maximum Gasteiger partial charge on any atom is 0.287 e. The van der Waals surface area contributed by atoms with E-state index in [1.165, 1.54) is 41.5 Å². The van der Waals surface area contributed by atoms with E-state index in [-0.39, 0.29) is 11.9 Å². The molecule has 4 heteroatoms. The number of carbonyl (C=O) groups excluding carboxylic acids is 1. The van der Waals surface area contributed by atoms with Crippen LogP contribution in [0.3, 0.4) is 0 Å². The lowest BCUT2D eigenvalue weighted by molar-refractivity contribution is 0.0898. The Balaban J connectivity index is 1.55. The second kappa shape index (κ2) is 8.65. The third-order valence-electron chi connectivity index (χ3n) is 6.51. The Bertz CT molecular complexity index is 1040. The van der Waals surface area contributed by atoms with Gasteiger partial charge in [-0.3, -0.25) is 9.69 Å². The number of benzene rings is 2. The van der Waals surface area contributed by atoms with E-state index in [1.807, 2.05) is 13.0 Å². The molecule has 1 aliphatic rings. The molecule has 30 heavy (non-hydrogen) atoms. The number of likely N-dealkylation sites (tertiary alicyclic amines) is 1. The van der Waals surface area contributed by atoms with Gasteiger partial charge in [0.2, 0.25) is 0 Å². The van der Waals surface area contributed by atoms with Gasteiger partial charge in [-0.05, 0) is 82.4 Å². The van der Waals surface area contributed by atoms with Crippen LogP contribution in [0.5, 0.6) is 0 Å². The van der Waals surface area contributed by atoms with E-state index < -0.39 is 0 Å². The molecule has 0 radical (unpaired) electrons. The summed E-state index contributed by atoms with van der Waals surface area (Å²) >= 11 is 0. The second-order valence-corrected chi connectivity index (χ2v) is 8.72. The standard InChI is InChI=1S/C26H32N2O2/c1-17-8-10-21(11-9-17)23(28-12-6-5-7-13-28)16-27-26(29)25-20(4)22-14-18(2)19(3)15-24(22)30-25/h8-11,14-15,23H,5-7,12-13,16H2,1-4H3,(H,27,29)/t23-/m1/s1. The van der Waals surface area contributed by atoms with Crippen molar-refractivity contribution in [1.82, 2.24) is 10.2 Å². The molecular formula is C26H32N2O2.